The van der Waals surface area contributed by atoms with E-state index in [2.05, 4.69) is 16.0 Å². The van der Waals surface area contributed by atoms with Gasteiger partial charge in [0.1, 0.15) is 5.82 Å². The fourth-order valence-electron chi connectivity index (χ4n) is 3.86. The lowest BCUT2D eigenvalue weighted by molar-refractivity contribution is -0.137. The largest absolute Gasteiger partial charge is 0.416 e. The molecule has 0 aromatic heterocycles. The second-order valence-corrected chi connectivity index (χ2v) is 8.23. The van der Waals surface area contributed by atoms with E-state index in [1.165, 1.54) is 47.7 Å². The van der Waals surface area contributed by atoms with Gasteiger partial charge in [0.05, 0.1) is 5.56 Å². The molecule has 0 heterocycles. The summed E-state index contributed by atoms with van der Waals surface area (Å²) in [7, 11) is 0. The zero-order valence-corrected chi connectivity index (χ0v) is 18.6. The lowest BCUT2D eigenvalue weighted by Crippen LogP contribution is -2.44. The Bertz CT molecular complexity index is 960. The first-order valence-corrected chi connectivity index (χ1v) is 11.3. The molecule has 2 aromatic carbocycles. The van der Waals surface area contributed by atoms with Crippen LogP contribution in [0.15, 0.2) is 48.5 Å². The van der Waals surface area contributed by atoms with Crippen molar-refractivity contribution in [1.82, 2.24) is 10.6 Å². The van der Waals surface area contributed by atoms with E-state index < -0.39 is 23.6 Å². The van der Waals surface area contributed by atoms with Crippen LogP contribution in [0.25, 0.3) is 0 Å². The van der Waals surface area contributed by atoms with E-state index >= 15 is 0 Å². The second kappa shape index (κ2) is 11.7. The summed E-state index contributed by atoms with van der Waals surface area (Å²) >= 11 is 0. The lowest BCUT2D eigenvalue weighted by atomic mass is 9.96. The fraction of sp³-hybridized carbons (Fsp3) is 0.417. The fourth-order valence-corrected chi connectivity index (χ4v) is 3.86. The molecule has 1 saturated carbocycles. The van der Waals surface area contributed by atoms with Crippen molar-refractivity contribution in [2.24, 2.45) is 0 Å². The number of halogens is 4. The van der Waals surface area contributed by atoms with E-state index in [-0.39, 0.29) is 30.8 Å². The Kier molecular flexibility index (Phi) is 8.72. The highest BCUT2D eigenvalue weighted by molar-refractivity contribution is 6.01. The zero-order valence-electron chi connectivity index (χ0n) is 18.6. The first-order valence-electron chi connectivity index (χ1n) is 11.3. The summed E-state index contributed by atoms with van der Waals surface area (Å²) < 4.78 is 52.3. The minimum Gasteiger partial charge on any atom is -0.338 e. The van der Waals surface area contributed by atoms with Crippen LogP contribution in [0.1, 0.15) is 44.1 Å². The third-order valence-electron chi connectivity index (χ3n) is 5.61. The highest BCUT2D eigenvalue weighted by atomic mass is 19.4. The van der Waals surface area contributed by atoms with E-state index in [4.69, 9.17) is 0 Å². The Morgan fingerprint density at radius 1 is 1.00 bits per heavy atom. The number of amides is 4. The quantitative estimate of drug-likeness (QED) is 0.341. The molecule has 3 N–H and O–H groups in total. The highest BCUT2D eigenvalue weighted by Crippen LogP contribution is 2.31. The molecule has 0 saturated heterocycles. The Balaban J connectivity index is 1.59. The van der Waals surface area contributed by atoms with Crippen molar-refractivity contribution in [3.8, 4) is 0 Å². The third kappa shape index (κ3) is 7.64. The van der Waals surface area contributed by atoms with Gasteiger partial charge in [-0.25, -0.2) is 14.0 Å². The van der Waals surface area contributed by atoms with Crippen LogP contribution in [-0.2, 0) is 6.18 Å². The van der Waals surface area contributed by atoms with Gasteiger partial charge in [0.2, 0.25) is 0 Å². The van der Waals surface area contributed by atoms with Crippen molar-refractivity contribution in [1.29, 1.82) is 0 Å². The van der Waals surface area contributed by atoms with Crippen molar-refractivity contribution in [3.05, 3.63) is 59.9 Å². The summed E-state index contributed by atoms with van der Waals surface area (Å²) in [6, 6.07) is 8.74. The van der Waals surface area contributed by atoms with Gasteiger partial charge in [0, 0.05) is 30.5 Å². The maximum Gasteiger partial charge on any atom is 0.416 e. The van der Waals surface area contributed by atoms with Crippen LogP contribution in [0.4, 0.5) is 38.5 Å². The molecule has 1 aliphatic rings. The van der Waals surface area contributed by atoms with E-state index in [9.17, 15) is 27.2 Å². The van der Waals surface area contributed by atoms with Crippen LogP contribution in [0, 0.1) is 5.82 Å². The van der Waals surface area contributed by atoms with Crippen molar-refractivity contribution in [2.45, 2.75) is 50.7 Å². The van der Waals surface area contributed by atoms with Gasteiger partial charge in [-0.1, -0.05) is 25.3 Å². The number of urea groups is 2. The zero-order chi connectivity index (χ0) is 24.6. The van der Waals surface area contributed by atoms with Crippen molar-refractivity contribution < 1.29 is 27.2 Å². The molecule has 3 rings (SSSR count). The molecular weight excluding hydrogens is 452 g/mol. The maximum absolute atomic E-state index is 13.4. The number of benzene rings is 2. The van der Waals surface area contributed by atoms with Crippen molar-refractivity contribution in [2.75, 3.05) is 23.3 Å². The van der Waals surface area contributed by atoms with Gasteiger partial charge in [0.25, 0.3) is 0 Å². The second-order valence-electron chi connectivity index (χ2n) is 8.23. The summed E-state index contributed by atoms with van der Waals surface area (Å²) in [5.41, 5.74) is -0.527. The molecule has 4 amide bonds. The summed E-state index contributed by atoms with van der Waals surface area (Å²) in [5.74, 6) is -0.483. The Morgan fingerprint density at radius 3 is 2.38 bits per heavy atom. The molecule has 0 unspecified atom stereocenters. The van der Waals surface area contributed by atoms with Crippen LogP contribution in [0.5, 0.6) is 0 Å². The van der Waals surface area contributed by atoms with Crippen molar-refractivity contribution in [3.63, 3.8) is 0 Å². The SMILES string of the molecule is O=C(NCCCN(C(=O)Nc1cccc(C(F)(F)F)c1)c1ccc(F)cc1)NC1CCCCC1. The van der Waals surface area contributed by atoms with Crippen LogP contribution in [0.2, 0.25) is 0 Å². The molecule has 10 heteroatoms. The molecule has 184 valence electrons. The van der Waals surface area contributed by atoms with Gasteiger partial charge in [-0.05, 0) is 61.7 Å². The summed E-state index contributed by atoms with van der Waals surface area (Å²) in [5, 5.41) is 8.17. The molecule has 6 nitrogen and oxygen atoms in total. The van der Waals surface area contributed by atoms with E-state index in [1.54, 1.807) is 0 Å². The molecule has 0 atom stereocenters. The Hall–Kier alpha value is -3.30. The molecule has 1 aliphatic carbocycles. The topological polar surface area (TPSA) is 73.5 Å². The molecule has 2 aromatic rings. The monoisotopic (exact) mass is 480 g/mol. The van der Waals surface area contributed by atoms with Crippen LogP contribution < -0.4 is 20.9 Å². The molecule has 0 radical (unpaired) electrons. The first-order chi connectivity index (χ1) is 16.2. The predicted octanol–water partition coefficient (Wildman–Crippen LogP) is 5.91. The molecular formula is C24H28F4N4O2. The third-order valence-corrected chi connectivity index (χ3v) is 5.61. The van der Waals surface area contributed by atoms with E-state index in [0.29, 0.717) is 12.1 Å². The summed E-state index contributed by atoms with van der Waals surface area (Å²) in [6.07, 6.45) is 1.13. The number of nitrogens with zero attached hydrogens (tertiary/aromatic N) is 1. The van der Waals surface area contributed by atoms with Gasteiger partial charge < -0.3 is 16.0 Å². The van der Waals surface area contributed by atoms with Gasteiger partial charge in [0.15, 0.2) is 0 Å². The van der Waals surface area contributed by atoms with Crippen LogP contribution >= 0.6 is 0 Å². The lowest BCUT2D eigenvalue weighted by Gasteiger charge is -2.24. The maximum atomic E-state index is 13.4. The van der Waals surface area contributed by atoms with E-state index in [0.717, 1.165) is 37.8 Å². The van der Waals surface area contributed by atoms with Gasteiger partial charge >= 0.3 is 18.2 Å². The number of anilines is 2. The van der Waals surface area contributed by atoms with Gasteiger partial charge in [-0.15, -0.1) is 0 Å². The van der Waals surface area contributed by atoms with Gasteiger partial charge in [-0.2, -0.15) is 13.2 Å². The number of carbonyl (C=O) groups is 2. The molecule has 0 spiro atoms. The van der Waals surface area contributed by atoms with E-state index in [1.807, 2.05) is 0 Å². The first kappa shape index (κ1) is 25.3. The number of hydrogen-bond donors (Lipinski definition) is 3. The Morgan fingerprint density at radius 2 is 1.71 bits per heavy atom. The van der Waals surface area contributed by atoms with Crippen LogP contribution in [0.3, 0.4) is 0 Å². The number of nitrogens with one attached hydrogen (secondary N) is 3. The Labute approximate surface area is 195 Å². The molecule has 1 fully saturated rings. The molecule has 0 aliphatic heterocycles. The highest BCUT2D eigenvalue weighted by Gasteiger charge is 2.30. The van der Waals surface area contributed by atoms with Gasteiger partial charge in [-0.3, -0.25) is 4.90 Å². The smallest absolute Gasteiger partial charge is 0.338 e. The predicted molar refractivity (Wildman–Crippen MR) is 122 cm³/mol. The number of rotatable bonds is 7. The normalized spacial score (nSPS) is 14.4. The molecule has 34 heavy (non-hydrogen) atoms. The number of hydrogen-bond acceptors (Lipinski definition) is 2. The number of alkyl halides is 3. The van der Waals surface area contributed by atoms with Crippen LogP contribution in [-0.4, -0.2) is 31.2 Å². The standard InChI is InChI=1S/C24H28F4N4O2/c25-18-10-12-21(13-11-18)32(15-5-14-29-22(33)30-19-7-2-1-3-8-19)23(34)31-20-9-4-6-17(16-20)24(26,27)28/h4,6,9-13,16,19H,1-3,5,7-8,14-15H2,(H,31,34)(H2,29,30,33). The minimum atomic E-state index is -4.54. The average molecular weight is 481 g/mol. The summed E-state index contributed by atoms with van der Waals surface area (Å²) in [6.45, 7) is 0.438. The minimum absolute atomic E-state index is 0.0167. The van der Waals surface area contributed by atoms with Crippen molar-refractivity contribution >= 4 is 23.4 Å². The molecule has 0 bridgehead atoms. The summed E-state index contributed by atoms with van der Waals surface area (Å²) in [4.78, 5) is 26.3. The average Bonchev–Trinajstić information content (AvgIpc) is 2.80. The number of carbonyl (C=O) groups excluding carboxylic acids is 2.